The highest BCUT2D eigenvalue weighted by atomic mass is 19.4. The number of hydrogen-bond donors (Lipinski definition) is 0. The topological polar surface area (TPSA) is 31.0 Å². The van der Waals surface area contributed by atoms with Crippen LogP contribution in [0.15, 0.2) is 71.1 Å². The molecule has 6 aromatic rings. The van der Waals surface area contributed by atoms with E-state index >= 15 is 0 Å². The third kappa shape index (κ3) is 5.05. The van der Waals surface area contributed by atoms with Crippen molar-refractivity contribution in [1.82, 2.24) is 9.55 Å². The summed E-state index contributed by atoms with van der Waals surface area (Å²) in [6, 6.07) is 19.8. The monoisotopic (exact) mass is 616 g/mol. The van der Waals surface area contributed by atoms with Gasteiger partial charge in [-0.15, -0.1) is 0 Å². The average Bonchev–Trinajstić information content (AvgIpc) is 3.53. The highest BCUT2D eigenvalue weighted by Gasteiger charge is 2.36. The highest BCUT2D eigenvalue weighted by molar-refractivity contribution is 6.40. The fourth-order valence-electron chi connectivity index (χ4n) is 6.30. The fourth-order valence-corrected chi connectivity index (χ4v) is 6.30. The van der Waals surface area contributed by atoms with Gasteiger partial charge in [-0.1, -0.05) is 95.6 Å². The van der Waals surface area contributed by atoms with E-state index in [1.165, 1.54) is 6.07 Å². The van der Waals surface area contributed by atoms with Gasteiger partial charge in [0, 0.05) is 10.8 Å². The van der Waals surface area contributed by atoms with Crippen molar-refractivity contribution in [3.8, 4) is 17.1 Å². The molecule has 4 radical (unpaired) electrons. The molecule has 3 nitrogen and oxygen atoms in total. The zero-order chi connectivity index (χ0) is 33.5. The molecule has 0 aliphatic carbocycles. The number of aryl methyl sites for hydroxylation is 1. The summed E-state index contributed by atoms with van der Waals surface area (Å²) >= 11 is 0. The summed E-state index contributed by atoms with van der Waals surface area (Å²) in [5.74, 6) is 0.848. The van der Waals surface area contributed by atoms with Crippen LogP contribution in [0.1, 0.15) is 88.1 Å². The molecule has 2 aromatic heterocycles. The van der Waals surface area contributed by atoms with Crippen molar-refractivity contribution in [3.05, 3.63) is 94.5 Å². The number of hydrogen-bond acceptors (Lipinski definition) is 2. The van der Waals surface area contributed by atoms with E-state index in [-0.39, 0.29) is 17.4 Å². The Morgan fingerprint density at radius 2 is 1.39 bits per heavy atom. The van der Waals surface area contributed by atoms with Gasteiger partial charge in [-0.25, -0.2) is 4.98 Å². The number of benzene rings is 4. The maximum Gasteiger partial charge on any atom is 0.416 e. The van der Waals surface area contributed by atoms with Crippen molar-refractivity contribution in [2.75, 3.05) is 0 Å². The summed E-state index contributed by atoms with van der Waals surface area (Å²) in [5.41, 5.74) is 6.82. The van der Waals surface area contributed by atoms with Crippen molar-refractivity contribution in [2.24, 2.45) is 5.41 Å². The predicted octanol–water partition coefficient (Wildman–Crippen LogP) is 10.7. The molecule has 232 valence electrons. The van der Waals surface area contributed by atoms with Crippen LogP contribution >= 0.6 is 0 Å². The Labute approximate surface area is 271 Å². The van der Waals surface area contributed by atoms with E-state index in [1.807, 2.05) is 64.1 Å². The molecule has 0 spiro atoms. The molecule has 2 heterocycles. The van der Waals surface area contributed by atoms with Crippen LogP contribution in [-0.4, -0.2) is 25.2 Å². The second-order valence-electron chi connectivity index (χ2n) is 14.1. The Hall–Kier alpha value is -3.93. The van der Waals surface area contributed by atoms with E-state index in [9.17, 15) is 13.2 Å². The summed E-state index contributed by atoms with van der Waals surface area (Å²) < 4.78 is 49.4. The van der Waals surface area contributed by atoms with Gasteiger partial charge in [0.25, 0.3) is 0 Å². The highest BCUT2D eigenvalue weighted by Crippen LogP contribution is 2.45. The molecule has 0 aliphatic rings. The lowest BCUT2D eigenvalue weighted by Gasteiger charge is -2.42. The quantitative estimate of drug-likeness (QED) is 0.181. The smallest absolute Gasteiger partial charge is 0.416 e. The van der Waals surface area contributed by atoms with Crippen LogP contribution in [-0.2, 0) is 11.4 Å². The lowest BCUT2D eigenvalue weighted by molar-refractivity contribution is -0.137. The van der Waals surface area contributed by atoms with Crippen LogP contribution in [0.4, 0.5) is 13.2 Å². The van der Waals surface area contributed by atoms with Gasteiger partial charge in [-0.2, -0.15) is 13.2 Å². The first-order chi connectivity index (χ1) is 21.4. The molecular formula is C38H37B2F3N2O. The van der Waals surface area contributed by atoms with Crippen molar-refractivity contribution < 1.29 is 17.6 Å². The van der Waals surface area contributed by atoms with Crippen LogP contribution < -0.4 is 0 Å². The molecule has 4 aromatic carbocycles. The summed E-state index contributed by atoms with van der Waals surface area (Å²) in [6.07, 6.45) is -4.48. The zero-order valence-corrected chi connectivity index (χ0v) is 27.6. The van der Waals surface area contributed by atoms with Gasteiger partial charge < -0.3 is 4.42 Å². The Balaban J connectivity index is 1.74. The third-order valence-electron chi connectivity index (χ3n) is 9.32. The SMILES string of the molecule is [B]C([B])(c1cc(C(C)C)c(-n2c(-c3c(C)ccc4c3oc3cc(C(F)(F)F)ccc34)nc3ccccc32)c(C(C)C)c1)C(C)(C)C. The number of rotatable bonds is 5. The Morgan fingerprint density at radius 1 is 0.783 bits per heavy atom. The van der Waals surface area contributed by atoms with E-state index in [0.29, 0.717) is 16.8 Å². The Kier molecular flexibility index (Phi) is 7.53. The second kappa shape index (κ2) is 10.8. The maximum absolute atomic E-state index is 13.6. The lowest BCUT2D eigenvalue weighted by Crippen LogP contribution is -2.41. The minimum absolute atomic E-state index is 0.0983. The molecule has 0 unspecified atom stereocenters. The van der Waals surface area contributed by atoms with Crippen molar-refractivity contribution >= 4 is 48.7 Å². The summed E-state index contributed by atoms with van der Waals surface area (Å²) in [6.45, 7) is 16.7. The molecule has 0 amide bonds. The maximum atomic E-state index is 13.6. The molecule has 0 saturated carbocycles. The zero-order valence-electron chi connectivity index (χ0n) is 27.6. The largest absolute Gasteiger partial charge is 0.455 e. The fraction of sp³-hybridized carbons (Fsp3) is 0.342. The first-order valence-corrected chi connectivity index (χ1v) is 15.7. The minimum Gasteiger partial charge on any atom is -0.455 e. The van der Waals surface area contributed by atoms with Crippen LogP contribution in [0.2, 0.25) is 0 Å². The summed E-state index contributed by atoms with van der Waals surface area (Å²) in [7, 11) is 13.7. The van der Waals surface area contributed by atoms with Crippen LogP contribution in [0, 0.1) is 12.3 Å². The van der Waals surface area contributed by atoms with E-state index < -0.39 is 22.4 Å². The van der Waals surface area contributed by atoms with Gasteiger partial charge >= 0.3 is 6.18 Å². The number of halogens is 3. The summed E-state index contributed by atoms with van der Waals surface area (Å²) in [4.78, 5) is 5.18. The number of imidazole rings is 1. The Morgan fingerprint density at radius 3 is 1.98 bits per heavy atom. The van der Waals surface area contributed by atoms with E-state index in [2.05, 4.69) is 44.4 Å². The molecule has 0 N–H and O–H groups in total. The van der Waals surface area contributed by atoms with Crippen molar-refractivity contribution in [1.29, 1.82) is 0 Å². The van der Waals surface area contributed by atoms with Gasteiger partial charge in [0.05, 0.1) is 43.5 Å². The molecule has 0 aliphatic heterocycles. The number of fused-ring (bicyclic) bond motifs is 4. The first-order valence-electron chi connectivity index (χ1n) is 15.7. The van der Waals surface area contributed by atoms with Crippen molar-refractivity contribution in [3.63, 3.8) is 0 Å². The van der Waals surface area contributed by atoms with Gasteiger partial charge in [-0.3, -0.25) is 4.57 Å². The lowest BCUT2D eigenvalue weighted by atomic mass is 9.40. The standard InChI is InChI=1S/C38H37B2F3N2O/c1-20(2)27-17-24(37(39,40)36(6,7)8)18-28(21(3)4)33(27)45-30-12-10-9-11-29(30)44-35(45)32-22(5)13-15-26-25-16-14-23(38(41,42)43)19-31(25)46-34(26)32/h9-21H,1-8H3. The molecule has 6 rings (SSSR count). The van der Waals surface area contributed by atoms with E-state index in [0.717, 1.165) is 62.1 Å². The molecule has 0 bridgehead atoms. The van der Waals surface area contributed by atoms with Crippen LogP contribution in [0.5, 0.6) is 0 Å². The summed E-state index contributed by atoms with van der Waals surface area (Å²) in [5, 5.41) is 0.253. The van der Waals surface area contributed by atoms with Crippen LogP contribution in [0.3, 0.4) is 0 Å². The number of aromatic nitrogens is 2. The van der Waals surface area contributed by atoms with Crippen molar-refractivity contribution in [2.45, 2.75) is 78.6 Å². The molecule has 0 atom stereocenters. The van der Waals surface area contributed by atoms with Gasteiger partial charge in [0.15, 0.2) is 0 Å². The Bertz CT molecular complexity index is 2100. The molecule has 46 heavy (non-hydrogen) atoms. The van der Waals surface area contributed by atoms with Gasteiger partial charge in [0.2, 0.25) is 0 Å². The predicted molar refractivity (Wildman–Crippen MR) is 184 cm³/mol. The second-order valence-corrected chi connectivity index (χ2v) is 14.1. The van der Waals surface area contributed by atoms with E-state index in [4.69, 9.17) is 25.1 Å². The average molecular weight is 616 g/mol. The number of alkyl halides is 3. The van der Waals surface area contributed by atoms with E-state index in [1.54, 1.807) is 0 Å². The first kappa shape index (κ1) is 32.0. The molecule has 8 heteroatoms. The third-order valence-corrected chi connectivity index (χ3v) is 9.32. The normalized spacial score (nSPS) is 13.2. The van der Waals surface area contributed by atoms with Gasteiger partial charge in [-0.05, 0) is 71.2 Å². The number of furan rings is 1. The van der Waals surface area contributed by atoms with Crippen LogP contribution in [0.25, 0.3) is 50.0 Å². The number of nitrogens with zero attached hydrogens (tertiary/aromatic N) is 2. The molecule has 0 fully saturated rings. The number of para-hydroxylation sites is 2. The van der Waals surface area contributed by atoms with Gasteiger partial charge in [0.1, 0.15) is 17.0 Å². The minimum atomic E-state index is -4.48. The molecule has 0 saturated heterocycles. The molecular weight excluding hydrogens is 579 g/mol.